The Bertz CT molecular complexity index is 274. The molecule has 1 aliphatic heterocycles. The van der Waals surface area contributed by atoms with E-state index in [-0.39, 0.29) is 18.7 Å². The van der Waals surface area contributed by atoms with Gasteiger partial charge in [0.15, 0.2) is 0 Å². The number of rotatable bonds is 5. The largest absolute Gasteiger partial charge is 0.481 e. The average molecular weight is 241 g/mol. The molecule has 1 amide bonds. The molecule has 0 unspecified atom stereocenters. The van der Waals surface area contributed by atoms with E-state index >= 15 is 0 Å². The van der Waals surface area contributed by atoms with Crippen molar-refractivity contribution in [3.05, 3.63) is 0 Å². The summed E-state index contributed by atoms with van der Waals surface area (Å²) in [6.07, 6.45) is 4.53. The summed E-state index contributed by atoms with van der Waals surface area (Å²) < 4.78 is 0. The van der Waals surface area contributed by atoms with Gasteiger partial charge in [0, 0.05) is 19.5 Å². The van der Waals surface area contributed by atoms with E-state index in [4.69, 9.17) is 5.11 Å². The Kier molecular flexibility index (Phi) is 4.97. The summed E-state index contributed by atoms with van der Waals surface area (Å²) in [4.78, 5) is 24.0. The van der Waals surface area contributed by atoms with Crippen LogP contribution < -0.4 is 0 Å². The summed E-state index contributed by atoms with van der Waals surface area (Å²) in [5.74, 6) is -0.903. The number of hydrogen-bond donors (Lipinski definition) is 1. The number of nitrogens with zero attached hydrogens (tertiary/aromatic N) is 1. The van der Waals surface area contributed by atoms with E-state index in [1.165, 1.54) is 12.8 Å². The van der Waals surface area contributed by atoms with Gasteiger partial charge in [0.25, 0.3) is 0 Å². The molecule has 1 N–H and O–H groups in total. The standard InChI is InChI=1S/C13H23NO3/c1-3-13(4-2)7-9-14(10-8-13)11(15)5-6-12(16)17/h3-10H2,1-2H3,(H,16,17). The second kappa shape index (κ2) is 6.03. The van der Waals surface area contributed by atoms with Crippen molar-refractivity contribution in [3.8, 4) is 0 Å². The number of carbonyl (C=O) groups excluding carboxylic acids is 1. The Morgan fingerprint density at radius 1 is 1.12 bits per heavy atom. The molecule has 4 heteroatoms. The van der Waals surface area contributed by atoms with E-state index in [0.717, 1.165) is 25.9 Å². The summed E-state index contributed by atoms with van der Waals surface area (Å²) >= 11 is 0. The van der Waals surface area contributed by atoms with E-state index < -0.39 is 5.97 Å². The fraction of sp³-hybridized carbons (Fsp3) is 0.846. The predicted molar refractivity (Wildman–Crippen MR) is 65.7 cm³/mol. The second-order valence-corrected chi connectivity index (χ2v) is 4.98. The van der Waals surface area contributed by atoms with Crippen molar-refractivity contribution >= 4 is 11.9 Å². The zero-order valence-electron chi connectivity index (χ0n) is 10.9. The van der Waals surface area contributed by atoms with Crippen molar-refractivity contribution in [2.45, 2.75) is 52.4 Å². The number of amides is 1. The molecule has 4 nitrogen and oxygen atoms in total. The van der Waals surface area contributed by atoms with Gasteiger partial charge in [-0.15, -0.1) is 0 Å². The lowest BCUT2D eigenvalue weighted by atomic mass is 9.74. The molecule has 17 heavy (non-hydrogen) atoms. The first-order valence-corrected chi connectivity index (χ1v) is 6.52. The number of carboxylic acids is 1. The van der Waals surface area contributed by atoms with Crippen LogP contribution in [0.25, 0.3) is 0 Å². The Morgan fingerprint density at radius 2 is 1.65 bits per heavy atom. The van der Waals surface area contributed by atoms with Crippen LogP contribution in [-0.4, -0.2) is 35.0 Å². The number of aliphatic carboxylic acids is 1. The van der Waals surface area contributed by atoms with Crippen LogP contribution in [0.2, 0.25) is 0 Å². The molecular weight excluding hydrogens is 218 g/mol. The smallest absolute Gasteiger partial charge is 0.303 e. The molecule has 1 saturated heterocycles. The highest BCUT2D eigenvalue weighted by molar-refractivity contribution is 5.80. The molecular formula is C13H23NO3. The number of hydrogen-bond acceptors (Lipinski definition) is 2. The minimum absolute atomic E-state index is 0.00629. The Morgan fingerprint density at radius 3 is 2.06 bits per heavy atom. The number of carboxylic acid groups (broad SMARTS) is 1. The van der Waals surface area contributed by atoms with Crippen LogP contribution in [0.4, 0.5) is 0 Å². The SMILES string of the molecule is CCC1(CC)CCN(C(=O)CCC(=O)O)CC1. The molecule has 98 valence electrons. The summed E-state index contributed by atoms with van der Waals surface area (Å²) in [5.41, 5.74) is 0.406. The molecule has 0 atom stereocenters. The monoisotopic (exact) mass is 241 g/mol. The third kappa shape index (κ3) is 3.72. The average Bonchev–Trinajstić information content (AvgIpc) is 2.36. The molecule has 0 saturated carbocycles. The molecule has 1 fully saturated rings. The van der Waals surface area contributed by atoms with Crippen LogP contribution in [0.1, 0.15) is 52.4 Å². The highest BCUT2D eigenvalue weighted by atomic mass is 16.4. The van der Waals surface area contributed by atoms with Gasteiger partial charge >= 0.3 is 5.97 Å². The maximum absolute atomic E-state index is 11.8. The number of carbonyl (C=O) groups is 2. The van der Waals surface area contributed by atoms with Gasteiger partial charge in [-0.2, -0.15) is 0 Å². The first-order chi connectivity index (χ1) is 8.03. The summed E-state index contributed by atoms with van der Waals surface area (Å²) in [5, 5.41) is 8.55. The van der Waals surface area contributed by atoms with Crippen LogP contribution in [0.3, 0.4) is 0 Å². The minimum Gasteiger partial charge on any atom is -0.481 e. The number of likely N-dealkylation sites (tertiary alicyclic amines) is 1. The fourth-order valence-corrected chi connectivity index (χ4v) is 2.56. The molecule has 0 aromatic rings. The lowest BCUT2D eigenvalue weighted by Crippen LogP contribution is -2.42. The highest BCUT2D eigenvalue weighted by Gasteiger charge is 2.32. The molecule has 0 aromatic carbocycles. The highest BCUT2D eigenvalue weighted by Crippen LogP contribution is 2.37. The lowest BCUT2D eigenvalue weighted by molar-refractivity contribution is -0.141. The molecule has 1 heterocycles. The molecule has 1 aliphatic rings. The second-order valence-electron chi connectivity index (χ2n) is 4.98. The molecule has 0 bridgehead atoms. The predicted octanol–water partition coefficient (Wildman–Crippen LogP) is 2.28. The summed E-state index contributed by atoms with van der Waals surface area (Å²) in [6.45, 7) is 6.01. The van der Waals surface area contributed by atoms with Crippen molar-refractivity contribution < 1.29 is 14.7 Å². The van der Waals surface area contributed by atoms with Gasteiger partial charge in [-0.3, -0.25) is 9.59 Å². The van der Waals surface area contributed by atoms with Gasteiger partial charge in [-0.05, 0) is 18.3 Å². The van der Waals surface area contributed by atoms with E-state index in [1.807, 2.05) is 4.90 Å². The number of piperidine rings is 1. The third-order valence-corrected chi connectivity index (χ3v) is 4.23. The maximum Gasteiger partial charge on any atom is 0.303 e. The van der Waals surface area contributed by atoms with Crippen molar-refractivity contribution in [1.29, 1.82) is 0 Å². The molecule has 0 radical (unpaired) electrons. The van der Waals surface area contributed by atoms with E-state index in [9.17, 15) is 9.59 Å². The van der Waals surface area contributed by atoms with Crippen LogP contribution >= 0.6 is 0 Å². The topological polar surface area (TPSA) is 57.6 Å². The molecule has 0 aliphatic carbocycles. The third-order valence-electron chi connectivity index (χ3n) is 4.23. The van der Waals surface area contributed by atoms with E-state index in [2.05, 4.69) is 13.8 Å². The normalized spacial score (nSPS) is 19.1. The molecule has 0 aromatic heterocycles. The fourth-order valence-electron chi connectivity index (χ4n) is 2.56. The van der Waals surface area contributed by atoms with Crippen LogP contribution in [0.15, 0.2) is 0 Å². The van der Waals surface area contributed by atoms with Crippen molar-refractivity contribution in [2.75, 3.05) is 13.1 Å². The van der Waals surface area contributed by atoms with Gasteiger partial charge in [0.2, 0.25) is 5.91 Å². The molecule has 0 spiro atoms. The van der Waals surface area contributed by atoms with Gasteiger partial charge in [0.05, 0.1) is 6.42 Å². The molecule has 1 rings (SSSR count). The summed E-state index contributed by atoms with van der Waals surface area (Å²) in [7, 11) is 0. The van der Waals surface area contributed by atoms with Gasteiger partial charge in [0.1, 0.15) is 0 Å². The Hall–Kier alpha value is -1.06. The summed E-state index contributed by atoms with van der Waals surface area (Å²) in [6, 6.07) is 0. The zero-order valence-corrected chi connectivity index (χ0v) is 10.9. The van der Waals surface area contributed by atoms with Gasteiger partial charge < -0.3 is 10.0 Å². The van der Waals surface area contributed by atoms with E-state index in [0.29, 0.717) is 5.41 Å². The maximum atomic E-state index is 11.8. The van der Waals surface area contributed by atoms with Gasteiger partial charge in [-0.1, -0.05) is 26.7 Å². The Balaban J connectivity index is 2.40. The van der Waals surface area contributed by atoms with Crippen LogP contribution in [0, 0.1) is 5.41 Å². The first-order valence-electron chi connectivity index (χ1n) is 6.52. The zero-order chi connectivity index (χ0) is 12.9. The first kappa shape index (κ1) is 14.0. The van der Waals surface area contributed by atoms with Crippen LogP contribution in [0.5, 0.6) is 0 Å². The lowest BCUT2D eigenvalue weighted by Gasteiger charge is -2.41. The Labute approximate surface area is 103 Å². The van der Waals surface area contributed by atoms with Gasteiger partial charge in [-0.25, -0.2) is 0 Å². The minimum atomic E-state index is -0.896. The van der Waals surface area contributed by atoms with Crippen molar-refractivity contribution in [3.63, 3.8) is 0 Å². The van der Waals surface area contributed by atoms with Crippen LogP contribution in [-0.2, 0) is 9.59 Å². The quantitative estimate of drug-likeness (QED) is 0.803. The van der Waals surface area contributed by atoms with Crippen molar-refractivity contribution in [2.24, 2.45) is 5.41 Å². The van der Waals surface area contributed by atoms with E-state index in [1.54, 1.807) is 0 Å². The van der Waals surface area contributed by atoms with Crippen molar-refractivity contribution in [1.82, 2.24) is 4.90 Å².